The molecule has 0 aliphatic heterocycles. The van der Waals surface area contributed by atoms with E-state index in [1.807, 2.05) is 0 Å². The Balaban J connectivity index is 1.64. The fourth-order valence-corrected chi connectivity index (χ4v) is 2.63. The van der Waals surface area contributed by atoms with Crippen molar-refractivity contribution in [2.45, 2.75) is 17.7 Å². The summed E-state index contributed by atoms with van der Waals surface area (Å²) < 4.78 is 9.76. The van der Waals surface area contributed by atoms with Gasteiger partial charge >= 0.3 is 11.9 Å². The average molecular weight is 293 g/mol. The van der Waals surface area contributed by atoms with Gasteiger partial charge in [-0.2, -0.15) is 0 Å². The number of carbonyl (C=O) groups is 2. The molecule has 2 aliphatic carbocycles. The molecule has 0 radical (unpaired) electrons. The monoisotopic (exact) mass is 292 g/mol. The molecule has 1 saturated carbocycles. The summed E-state index contributed by atoms with van der Waals surface area (Å²) in [4.78, 5) is 21.5. The molecule has 0 spiro atoms. The van der Waals surface area contributed by atoms with Crippen LogP contribution in [0.1, 0.15) is 12.8 Å². The number of carbonyl (C=O) groups excluding carboxylic acids is 2. The molecule has 18 heavy (non-hydrogen) atoms. The summed E-state index contributed by atoms with van der Waals surface area (Å²) in [7, 11) is 0. The van der Waals surface area contributed by atoms with Gasteiger partial charge in [-0.1, -0.05) is 35.4 Å². The number of hydrogen-bond donors (Lipinski definition) is 0. The fourth-order valence-electron chi connectivity index (χ4n) is 2.51. The smallest absolute Gasteiger partial charge is 0.339 e. The van der Waals surface area contributed by atoms with Crippen molar-refractivity contribution in [1.29, 1.82) is 0 Å². The number of alkyl halides is 2. The van der Waals surface area contributed by atoms with E-state index in [0.717, 1.165) is 12.8 Å². The lowest BCUT2D eigenvalue weighted by atomic mass is 9.94. The summed E-state index contributed by atoms with van der Waals surface area (Å²) in [6, 6.07) is 0. The number of halogens is 2. The van der Waals surface area contributed by atoms with Crippen molar-refractivity contribution in [1.82, 2.24) is 0 Å². The van der Waals surface area contributed by atoms with Gasteiger partial charge in [0.2, 0.25) is 4.84 Å². The summed E-state index contributed by atoms with van der Waals surface area (Å²) in [5.74, 6) is -0.128. The van der Waals surface area contributed by atoms with Gasteiger partial charge in [-0.05, 0) is 24.7 Å². The SMILES string of the molecule is O=C(OCCOC(=O)[C@@H]1C[C@H]2C=C[C@@H]1C2)C(Cl)Cl. The molecule has 0 amide bonds. The summed E-state index contributed by atoms with van der Waals surface area (Å²) in [6.07, 6.45) is 6.17. The maximum atomic E-state index is 11.8. The van der Waals surface area contributed by atoms with E-state index < -0.39 is 10.8 Å². The van der Waals surface area contributed by atoms with Crippen LogP contribution >= 0.6 is 23.2 Å². The second-order valence-electron chi connectivity index (χ2n) is 4.52. The van der Waals surface area contributed by atoms with Crippen LogP contribution in [-0.4, -0.2) is 30.0 Å². The average Bonchev–Trinajstić information content (AvgIpc) is 2.95. The highest BCUT2D eigenvalue weighted by atomic mass is 35.5. The van der Waals surface area contributed by atoms with Gasteiger partial charge in [0.15, 0.2) is 0 Å². The third-order valence-corrected chi connectivity index (χ3v) is 3.69. The summed E-state index contributed by atoms with van der Waals surface area (Å²) in [6.45, 7) is 0.0276. The molecule has 3 atom stereocenters. The zero-order valence-electron chi connectivity index (χ0n) is 9.68. The molecular formula is C12H14Cl2O4. The Morgan fingerprint density at radius 1 is 1.17 bits per heavy atom. The van der Waals surface area contributed by atoms with Crippen LogP contribution in [0.25, 0.3) is 0 Å². The molecule has 0 saturated heterocycles. The first-order chi connectivity index (χ1) is 8.58. The maximum absolute atomic E-state index is 11.8. The zero-order chi connectivity index (χ0) is 13.1. The molecule has 0 aromatic rings. The van der Waals surface area contributed by atoms with Crippen molar-refractivity contribution >= 4 is 35.1 Å². The first-order valence-corrected chi connectivity index (χ1v) is 6.75. The lowest BCUT2D eigenvalue weighted by molar-refractivity contribution is -0.155. The van der Waals surface area contributed by atoms with Gasteiger partial charge in [0.25, 0.3) is 0 Å². The number of rotatable bonds is 5. The van der Waals surface area contributed by atoms with E-state index in [9.17, 15) is 9.59 Å². The highest BCUT2D eigenvalue weighted by Crippen LogP contribution is 2.43. The molecule has 0 aromatic carbocycles. The standard InChI is InChI=1S/C12H14Cl2O4/c13-10(14)12(16)18-4-3-17-11(15)9-6-7-1-2-8(9)5-7/h1-2,7-10H,3-6H2/t7-,8+,9+/m0/s1. The van der Waals surface area contributed by atoms with Crippen molar-refractivity contribution in [2.75, 3.05) is 13.2 Å². The van der Waals surface area contributed by atoms with E-state index in [2.05, 4.69) is 16.9 Å². The Kier molecular flexibility index (Phi) is 4.51. The topological polar surface area (TPSA) is 52.6 Å². The second kappa shape index (κ2) is 5.93. The van der Waals surface area contributed by atoms with Crippen LogP contribution in [-0.2, 0) is 19.1 Å². The quantitative estimate of drug-likeness (QED) is 0.337. The summed E-state index contributed by atoms with van der Waals surface area (Å²) in [5.41, 5.74) is 0. The molecule has 100 valence electrons. The van der Waals surface area contributed by atoms with Crippen LogP contribution in [0.2, 0.25) is 0 Å². The minimum Gasteiger partial charge on any atom is -0.462 e. The second-order valence-corrected chi connectivity index (χ2v) is 5.62. The van der Waals surface area contributed by atoms with Gasteiger partial charge < -0.3 is 9.47 Å². The largest absolute Gasteiger partial charge is 0.462 e. The van der Waals surface area contributed by atoms with Crippen LogP contribution in [0.3, 0.4) is 0 Å². The van der Waals surface area contributed by atoms with Crippen LogP contribution in [0.4, 0.5) is 0 Å². The molecule has 0 aromatic heterocycles. The zero-order valence-corrected chi connectivity index (χ0v) is 11.2. The molecular weight excluding hydrogens is 279 g/mol. The van der Waals surface area contributed by atoms with E-state index in [1.54, 1.807) is 0 Å². The van der Waals surface area contributed by atoms with Crippen LogP contribution in [0, 0.1) is 17.8 Å². The van der Waals surface area contributed by atoms with Gasteiger partial charge in [-0.3, -0.25) is 4.79 Å². The normalized spacial score (nSPS) is 28.7. The Morgan fingerprint density at radius 3 is 2.44 bits per heavy atom. The number of allylic oxidation sites excluding steroid dienone is 2. The Labute approximate surface area is 115 Å². The third kappa shape index (κ3) is 3.18. The highest BCUT2D eigenvalue weighted by molar-refractivity contribution is 6.52. The molecule has 2 aliphatic rings. The lowest BCUT2D eigenvalue weighted by Gasteiger charge is -2.16. The minimum atomic E-state index is -1.20. The van der Waals surface area contributed by atoms with Gasteiger partial charge in [-0.25, -0.2) is 4.79 Å². The van der Waals surface area contributed by atoms with Crippen LogP contribution < -0.4 is 0 Å². The van der Waals surface area contributed by atoms with Gasteiger partial charge in [-0.15, -0.1) is 0 Å². The van der Waals surface area contributed by atoms with Crippen molar-refractivity contribution in [2.24, 2.45) is 17.8 Å². The molecule has 0 N–H and O–H groups in total. The number of hydrogen-bond acceptors (Lipinski definition) is 4. The molecule has 1 fully saturated rings. The summed E-state index contributed by atoms with van der Waals surface area (Å²) in [5, 5.41) is 0. The molecule has 6 heteroatoms. The van der Waals surface area contributed by atoms with E-state index in [1.165, 1.54) is 0 Å². The lowest BCUT2D eigenvalue weighted by Crippen LogP contribution is -2.24. The molecule has 4 nitrogen and oxygen atoms in total. The predicted octanol–water partition coefficient (Wildman–Crippen LogP) is 2.09. The Hall–Kier alpha value is -0.740. The number of fused-ring (bicyclic) bond motifs is 2. The van der Waals surface area contributed by atoms with Gasteiger partial charge in [0.05, 0.1) is 5.92 Å². The van der Waals surface area contributed by atoms with E-state index in [4.69, 9.17) is 27.9 Å². The highest BCUT2D eigenvalue weighted by Gasteiger charge is 2.40. The Morgan fingerprint density at radius 2 is 1.89 bits per heavy atom. The van der Waals surface area contributed by atoms with Crippen molar-refractivity contribution < 1.29 is 19.1 Å². The number of ether oxygens (including phenoxy) is 2. The van der Waals surface area contributed by atoms with Crippen LogP contribution in [0.5, 0.6) is 0 Å². The molecule has 0 heterocycles. The fraction of sp³-hybridized carbons (Fsp3) is 0.667. The summed E-state index contributed by atoms with van der Waals surface area (Å²) >= 11 is 10.6. The van der Waals surface area contributed by atoms with E-state index in [-0.39, 0.29) is 25.1 Å². The first-order valence-electron chi connectivity index (χ1n) is 5.87. The molecule has 2 bridgehead atoms. The van der Waals surface area contributed by atoms with E-state index >= 15 is 0 Å². The molecule has 2 rings (SSSR count). The van der Waals surface area contributed by atoms with Crippen molar-refractivity contribution in [3.63, 3.8) is 0 Å². The Bertz CT molecular complexity index is 367. The minimum absolute atomic E-state index is 0.0167. The van der Waals surface area contributed by atoms with Crippen LogP contribution in [0.15, 0.2) is 12.2 Å². The molecule has 0 unspecified atom stereocenters. The first kappa shape index (κ1) is 13.7. The third-order valence-electron chi connectivity index (χ3n) is 3.33. The van der Waals surface area contributed by atoms with Crippen molar-refractivity contribution in [3.8, 4) is 0 Å². The van der Waals surface area contributed by atoms with Gasteiger partial charge in [0, 0.05) is 0 Å². The van der Waals surface area contributed by atoms with Gasteiger partial charge in [0.1, 0.15) is 13.2 Å². The predicted molar refractivity (Wildman–Crippen MR) is 66.3 cm³/mol. The number of esters is 2. The maximum Gasteiger partial charge on any atom is 0.339 e. The van der Waals surface area contributed by atoms with E-state index in [0.29, 0.717) is 11.8 Å². The van der Waals surface area contributed by atoms with Crippen molar-refractivity contribution in [3.05, 3.63) is 12.2 Å².